The summed E-state index contributed by atoms with van der Waals surface area (Å²) in [7, 11) is 2.96. The van der Waals surface area contributed by atoms with Crippen LogP contribution in [0.15, 0.2) is 23.5 Å². The van der Waals surface area contributed by atoms with E-state index in [0.717, 1.165) is 6.07 Å². The fourth-order valence-electron chi connectivity index (χ4n) is 5.81. The summed E-state index contributed by atoms with van der Waals surface area (Å²) < 4.78 is 0. The van der Waals surface area contributed by atoms with Crippen molar-refractivity contribution in [3.05, 3.63) is 39.6 Å². The number of likely N-dealkylation sites (N-methyl/N-ethyl adjacent to an activating group) is 1. The molecule has 0 aromatic heterocycles. The highest BCUT2D eigenvalue weighted by molar-refractivity contribution is 6.33. The second kappa shape index (κ2) is 7.10. The first kappa shape index (κ1) is 23.4. The van der Waals surface area contributed by atoms with E-state index < -0.39 is 75.3 Å². The Hall–Kier alpha value is -2.79. The van der Waals surface area contributed by atoms with Gasteiger partial charge in [-0.3, -0.25) is 24.1 Å². The fourth-order valence-corrected chi connectivity index (χ4v) is 6.16. The molecule has 0 saturated heterocycles. The van der Waals surface area contributed by atoms with Crippen LogP contribution in [0, 0.1) is 17.8 Å². The minimum Gasteiger partial charge on any atom is -0.508 e. The van der Waals surface area contributed by atoms with E-state index in [0.29, 0.717) is 0 Å². The summed E-state index contributed by atoms with van der Waals surface area (Å²) in [6.07, 6.45) is -0.262. The van der Waals surface area contributed by atoms with Crippen LogP contribution in [0.25, 0.3) is 0 Å². The monoisotopic (exact) mass is 478 g/mol. The highest BCUT2D eigenvalue weighted by Crippen LogP contribution is 2.57. The van der Waals surface area contributed by atoms with Gasteiger partial charge in [-0.2, -0.15) is 0 Å². The first-order valence-electron chi connectivity index (χ1n) is 10.2. The summed E-state index contributed by atoms with van der Waals surface area (Å²) in [5, 5.41) is 44.1. The first-order chi connectivity index (χ1) is 15.2. The van der Waals surface area contributed by atoms with Gasteiger partial charge in [0.2, 0.25) is 0 Å². The smallest absolute Gasteiger partial charge is 0.255 e. The van der Waals surface area contributed by atoms with Gasteiger partial charge >= 0.3 is 0 Å². The van der Waals surface area contributed by atoms with Crippen LogP contribution in [0.5, 0.6) is 5.75 Å². The Bertz CT molecular complexity index is 1170. The first-order valence-corrected chi connectivity index (χ1v) is 10.6. The van der Waals surface area contributed by atoms with Gasteiger partial charge in [0.1, 0.15) is 17.1 Å². The van der Waals surface area contributed by atoms with Crippen molar-refractivity contribution in [1.82, 2.24) is 4.90 Å². The lowest BCUT2D eigenvalue weighted by Gasteiger charge is -2.54. The molecule has 1 fully saturated rings. The second-order valence-electron chi connectivity index (χ2n) is 9.25. The third-order valence-electron chi connectivity index (χ3n) is 7.29. The third kappa shape index (κ3) is 2.78. The van der Waals surface area contributed by atoms with Gasteiger partial charge in [0, 0.05) is 22.4 Å². The molecule has 1 amide bonds. The molecule has 1 saturated carbocycles. The van der Waals surface area contributed by atoms with E-state index >= 15 is 0 Å². The van der Waals surface area contributed by atoms with Crippen LogP contribution < -0.4 is 5.73 Å². The Balaban J connectivity index is 2.01. The number of ketones is 3. The maximum Gasteiger partial charge on any atom is 0.255 e. The van der Waals surface area contributed by atoms with Gasteiger partial charge in [0.15, 0.2) is 23.0 Å². The SMILES string of the molecule is CN(C)[C@@H]1C(=O)C(C(N)=O)=C(O)[C@]2(O)C(=O)[C@H]3C(=O)c4c(O)ccc(Cl)c4[C@](C)(O)[C@H]3C[C@H]12. The highest BCUT2D eigenvalue weighted by atomic mass is 35.5. The molecule has 33 heavy (non-hydrogen) atoms. The number of fused-ring (bicyclic) bond motifs is 3. The molecule has 0 unspecified atom stereocenters. The summed E-state index contributed by atoms with van der Waals surface area (Å²) in [6.45, 7) is 1.33. The summed E-state index contributed by atoms with van der Waals surface area (Å²) in [4.78, 5) is 53.5. The molecule has 0 spiro atoms. The normalized spacial score (nSPS) is 35.9. The summed E-state index contributed by atoms with van der Waals surface area (Å²) in [6, 6.07) is 1.19. The Morgan fingerprint density at radius 3 is 2.27 bits per heavy atom. The highest BCUT2D eigenvalue weighted by Gasteiger charge is 2.69. The molecule has 6 atom stereocenters. The van der Waals surface area contributed by atoms with E-state index in [2.05, 4.69) is 0 Å². The van der Waals surface area contributed by atoms with Gasteiger partial charge in [0.25, 0.3) is 5.91 Å². The number of aromatic hydroxyl groups is 1. The Morgan fingerprint density at radius 2 is 1.73 bits per heavy atom. The van der Waals surface area contributed by atoms with Crippen LogP contribution in [-0.2, 0) is 20.0 Å². The molecular formula is C22H23ClN2O8. The van der Waals surface area contributed by atoms with Gasteiger partial charge in [-0.1, -0.05) is 11.6 Å². The van der Waals surface area contributed by atoms with Crippen LogP contribution in [0.3, 0.4) is 0 Å². The molecule has 3 aliphatic carbocycles. The van der Waals surface area contributed by atoms with Crippen LogP contribution in [0.2, 0.25) is 5.02 Å². The quantitative estimate of drug-likeness (QED) is 0.284. The van der Waals surface area contributed by atoms with Crippen molar-refractivity contribution in [2.24, 2.45) is 23.5 Å². The van der Waals surface area contributed by atoms with E-state index in [1.807, 2.05) is 0 Å². The average molecular weight is 479 g/mol. The maximum absolute atomic E-state index is 13.7. The number of amides is 1. The van der Waals surface area contributed by atoms with Crippen LogP contribution in [0.1, 0.15) is 29.3 Å². The van der Waals surface area contributed by atoms with Gasteiger partial charge < -0.3 is 26.2 Å². The number of benzene rings is 1. The lowest BCUT2D eigenvalue weighted by atomic mass is 9.51. The number of rotatable bonds is 2. The van der Waals surface area contributed by atoms with Crippen molar-refractivity contribution in [2.75, 3.05) is 14.1 Å². The molecule has 1 aromatic carbocycles. The topological polar surface area (TPSA) is 178 Å². The van der Waals surface area contributed by atoms with Crippen molar-refractivity contribution in [3.63, 3.8) is 0 Å². The van der Waals surface area contributed by atoms with E-state index in [9.17, 15) is 39.6 Å². The molecule has 6 N–H and O–H groups in total. The summed E-state index contributed by atoms with van der Waals surface area (Å²) >= 11 is 6.26. The van der Waals surface area contributed by atoms with Crippen LogP contribution in [0.4, 0.5) is 0 Å². The largest absolute Gasteiger partial charge is 0.508 e. The summed E-state index contributed by atoms with van der Waals surface area (Å²) in [5.74, 6) is -10.2. The molecule has 4 rings (SSSR count). The number of carbonyl (C=O) groups is 4. The minimum atomic E-state index is -2.79. The number of carbonyl (C=O) groups excluding carboxylic acids is 4. The van der Waals surface area contributed by atoms with Gasteiger partial charge in [0.05, 0.1) is 23.1 Å². The van der Waals surface area contributed by atoms with E-state index in [-0.39, 0.29) is 22.6 Å². The lowest BCUT2D eigenvalue weighted by molar-refractivity contribution is -0.174. The molecule has 10 nitrogen and oxygen atoms in total. The maximum atomic E-state index is 13.7. The number of aliphatic hydroxyl groups excluding tert-OH is 1. The third-order valence-corrected chi connectivity index (χ3v) is 7.61. The van der Waals surface area contributed by atoms with Crippen LogP contribution in [-0.4, -0.2) is 74.3 Å². The molecule has 11 heteroatoms. The number of nitrogens with two attached hydrogens (primary N) is 1. The number of halogens is 1. The number of phenols is 1. The van der Waals surface area contributed by atoms with Crippen molar-refractivity contribution < 1.29 is 39.6 Å². The fraction of sp³-hybridized carbons (Fsp3) is 0.455. The molecule has 176 valence electrons. The Kier molecular flexibility index (Phi) is 5.03. The van der Waals surface area contributed by atoms with Crippen molar-refractivity contribution in [2.45, 2.75) is 30.6 Å². The number of phenolic OH excluding ortho intramolecular Hbond substituents is 1. The van der Waals surface area contributed by atoms with E-state index in [1.165, 1.54) is 32.0 Å². The summed E-state index contributed by atoms with van der Waals surface area (Å²) in [5.41, 5.74) is -0.772. The number of hydrogen-bond acceptors (Lipinski definition) is 9. The molecule has 3 aliphatic rings. The Morgan fingerprint density at radius 1 is 1.12 bits per heavy atom. The zero-order valence-electron chi connectivity index (χ0n) is 18.0. The number of aliphatic hydroxyl groups is 3. The van der Waals surface area contributed by atoms with Crippen LogP contribution >= 0.6 is 11.6 Å². The van der Waals surface area contributed by atoms with Crippen molar-refractivity contribution in [3.8, 4) is 5.75 Å². The number of primary amides is 1. The molecule has 0 radical (unpaired) electrons. The van der Waals surface area contributed by atoms with E-state index in [4.69, 9.17) is 17.3 Å². The molecular weight excluding hydrogens is 456 g/mol. The lowest BCUT2D eigenvalue weighted by Crippen LogP contribution is -2.69. The van der Waals surface area contributed by atoms with E-state index in [1.54, 1.807) is 0 Å². The van der Waals surface area contributed by atoms with Gasteiger partial charge in [-0.05, 0) is 39.6 Å². The average Bonchev–Trinajstić information content (AvgIpc) is 2.69. The Labute approximate surface area is 193 Å². The molecule has 0 heterocycles. The second-order valence-corrected chi connectivity index (χ2v) is 9.65. The number of hydrogen-bond donors (Lipinski definition) is 5. The molecule has 0 aliphatic heterocycles. The molecule has 1 aromatic rings. The zero-order chi connectivity index (χ0) is 24.8. The van der Waals surface area contributed by atoms with Gasteiger partial charge in [-0.25, -0.2) is 0 Å². The van der Waals surface area contributed by atoms with Crippen molar-refractivity contribution in [1.29, 1.82) is 0 Å². The number of Topliss-reactive ketones (excluding diaryl/α,β-unsaturated/α-hetero) is 3. The van der Waals surface area contributed by atoms with Gasteiger partial charge in [-0.15, -0.1) is 0 Å². The molecule has 0 bridgehead atoms. The van der Waals surface area contributed by atoms with Crippen molar-refractivity contribution >= 4 is 34.9 Å². The predicted molar refractivity (Wildman–Crippen MR) is 113 cm³/mol. The predicted octanol–water partition coefficient (Wildman–Crippen LogP) is -0.188. The number of nitrogens with zero attached hydrogens (tertiary/aromatic N) is 1. The zero-order valence-corrected chi connectivity index (χ0v) is 18.8. The standard InChI is InChI=1S/C22H23ClN2O8/c1-21(32)7-6-8-15(25(2)3)17(28)13(20(24)31)19(30)22(8,33)18(29)11(7)16(27)12-10(26)5-4-9(23)14(12)21/h4-5,7-8,11,15,26,30,32-33H,6H2,1-3H3,(H2,24,31)/t7-,8+,11+,15-,21+,22+/m0/s1. The minimum absolute atomic E-state index is 0.00415.